The number of hydrogen-bond donors (Lipinski definition) is 0. The fourth-order valence-corrected chi connectivity index (χ4v) is 1.80. The summed E-state index contributed by atoms with van der Waals surface area (Å²) in [5.41, 5.74) is 1.28. The van der Waals surface area contributed by atoms with E-state index < -0.39 is 6.10 Å². The van der Waals surface area contributed by atoms with E-state index in [1.54, 1.807) is 13.0 Å². The number of carbonyl (C=O) groups excluding carboxylic acids is 1. The molecule has 0 aliphatic carbocycles. The van der Waals surface area contributed by atoms with Crippen LogP contribution in [0.15, 0.2) is 16.6 Å². The average molecular weight is 268 g/mol. The van der Waals surface area contributed by atoms with Crippen molar-refractivity contribution in [1.82, 2.24) is 0 Å². The standard InChI is InChI=1S/C11H10BrNO2/c1-7-3-10(12)4-9(6-14)11(7)15-8(2)5-13/h3-4,6,8H,1-2H3. The topological polar surface area (TPSA) is 50.1 Å². The highest BCUT2D eigenvalue weighted by molar-refractivity contribution is 9.10. The Hall–Kier alpha value is -1.34. The first-order chi connectivity index (χ1) is 7.08. The van der Waals surface area contributed by atoms with Gasteiger partial charge >= 0.3 is 0 Å². The van der Waals surface area contributed by atoms with Gasteiger partial charge in [-0.2, -0.15) is 5.26 Å². The highest BCUT2D eigenvalue weighted by Crippen LogP contribution is 2.27. The number of hydrogen-bond acceptors (Lipinski definition) is 3. The number of nitriles is 1. The Morgan fingerprint density at radius 1 is 1.60 bits per heavy atom. The Morgan fingerprint density at radius 2 is 2.27 bits per heavy atom. The van der Waals surface area contributed by atoms with Crippen LogP contribution >= 0.6 is 15.9 Å². The third-order valence-electron chi connectivity index (χ3n) is 1.87. The van der Waals surface area contributed by atoms with Gasteiger partial charge in [0.05, 0.1) is 5.56 Å². The molecule has 0 bridgehead atoms. The van der Waals surface area contributed by atoms with Gasteiger partial charge in [0.15, 0.2) is 12.4 Å². The summed E-state index contributed by atoms with van der Waals surface area (Å²) in [7, 11) is 0. The molecule has 0 N–H and O–H groups in total. The summed E-state index contributed by atoms with van der Waals surface area (Å²) in [6.07, 6.45) is 0.153. The van der Waals surface area contributed by atoms with Gasteiger partial charge in [-0.15, -0.1) is 0 Å². The fourth-order valence-electron chi connectivity index (χ4n) is 1.21. The van der Waals surface area contributed by atoms with E-state index in [4.69, 9.17) is 10.00 Å². The second kappa shape index (κ2) is 4.94. The molecule has 0 spiro atoms. The third kappa shape index (κ3) is 2.80. The number of aryl methyl sites for hydroxylation is 1. The molecular weight excluding hydrogens is 258 g/mol. The lowest BCUT2D eigenvalue weighted by molar-refractivity contribution is 0.111. The van der Waals surface area contributed by atoms with Gasteiger partial charge < -0.3 is 4.74 Å². The van der Waals surface area contributed by atoms with Crippen LogP contribution in [0.5, 0.6) is 5.75 Å². The molecule has 0 saturated carbocycles. The van der Waals surface area contributed by atoms with Gasteiger partial charge in [-0.05, 0) is 31.5 Å². The van der Waals surface area contributed by atoms with Crippen LogP contribution in [0.2, 0.25) is 0 Å². The van der Waals surface area contributed by atoms with Crippen molar-refractivity contribution in [3.8, 4) is 11.8 Å². The number of halogens is 1. The SMILES string of the molecule is Cc1cc(Br)cc(C=O)c1OC(C)C#N. The minimum atomic E-state index is -0.566. The molecule has 0 saturated heterocycles. The Labute approximate surface area is 96.8 Å². The predicted octanol–water partition coefficient (Wildman–Crippen LogP) is 2.86. The molecule has 1 aromatic carbocycles. The third-order valence-corrected chi connectivity index (χ3v) is 2.33. The number of nitrogens with zero attached hydrogens (tertiary/aromatic N) is 1. The fraction of sp³-hybridized carbons (Fsp3) is 0.273. The summed E-state index contributed by atoms with van der Waals surface area (Å²) < 4.78 is 6.18. The molecule has 4 heteroatoms. The summed E-state index contributed by atoms with van der Waals surface area (Å²) in [4.78, 5) is 10.8. The zero-order chi connectivity index (χ0) is 11.4. The Balaban J connectivity index is 3.16. The van der Waals surface area contributed by atoms with E-state index >= 15 is 0 Å². The Kier molecular flexibility index (Phi) is 3.87. The number of benzene rings is 1. The second-order valence-corrected chi connectivity index (χ2v) is 4.06. The Morgan fingerprint density at radius 3 is 2.80 bits per heavy atom. The van der Waals surface area contributed by atoms with E-state index in [1.807, 2.05) is 19.1 Å². The number of rotatable bonds is 3. The molecule has 0 aliphatic heterocycles. The van der Waals surface area contributed by atoms with E-state index in [0.717, 1.165) is 16.3 Å². The molecule has 1 rings (SSSR count). The molecule has 0 radical (unpaired) electrons. The van der Waals surface area contributed by atoms with Crippen molar-refractivity contribution in [3.63, 3.8) is 0 Å². The maximum Gasteiger partial charge on any atom is 0.181 e. The highest BCUT2D eigenvalue weighted by Gasteiger charge is 2.11. The monoisotopic (exact) mass is 267 g/mol. The van der Waals surface area contributed by atoms with Crippen LogP contribution in [-0.2, 0) is 0 Å². The van der Waals surface area contributed by atoms with Crippen molar-refractivity contribution in [2.24, 2.45) is 0 Å². The first-order valence-electron chi connectivity index (χ1n) is 4.40. The van der Waals surface area contributed by atoms with Gasteiger partial charge in [-0.25, -0.2) is 0 Å². The van der Waals surface area contributed by atoms with Crippen LogP contribution in [0.4, 0.5) is 0 Å². The van der Waals surface area contributed by atoms with E-state index in [0.29, 0.717) is 11.3 Å². The van der Waals surface area contributed by atoms with Gasteiger partial charge in [0, 0.05) is 4.47 Å². The van der Waals surface area contributed by atoms with E-state index in [-0.39, 0.29) is 0 Å². The summed E-state index contributed by atoms with van der Waals surface area (Å²) in [5.74, 6) is 0.474. The minimum Gasteiger partial charge on any atom is -0.475 e. The summed E-state index contributed by atoms with van der Waals surface area (Å²) in [6.45, 7) is 3.47. The molecule has 0 aliphatic rings. The van der Waals surface area contributed by atoms with Crippen LogP contribution in [0.3, 0.4) is 0 Å². The molecule has 3 nitrogen and oxygen atoms in total. The lowest BCUT2D eigenvalue weighted by Gasteiger charge is -2.13. The van der Waals surface area contributed by atoms with Crippen molar-refractivity contribution >= 4 is 22.2 Å². The average Bonchev–Trinajstić information content (AvgIpc) is 2.21. The second-order valence-electron chi connectivity index (χ2n) is 3.15. The van der Waals surface area contributed by atoms with E-state index in [2.05, 4.69) is 15.9 Å². The van der Waals surface area contributed by atoms with Crippen LogP contribution in [0, 0.1) is 18.3 Å². The van der Waals surface area contributed by atoms with Crippen molar-refractivity contribution in [2.45, 2.75) is 20.0 Å². The molecule has 0 aromatic heterocycles. The maximum absolute atomic E-state index is 10.8. The van der Waals surface area contributed by atoms with E-state index in [9.17, 15) is 4.79 Å². The first kappa shape index (κ1) is 11.7. The zero-order valence-electron chi connectivity index (χ0n) is 8.45. The van der Waals surface area contributed by atoms with E-state index in [1.165, 1.54) is 0 Å². The molecule has 1 unspecified atom stereocenters. The van der Waals surface area contributed by atoms with Gasteiger partial charge in [0.1, 0.15) is 11.8 Å². The molecule has 1 aromatic rings. The van der Waals surface area contributed by atoms with Crippen LogP contribution in [0.25, 0.3) is 0 Å². The summed E-state index contributed by atoms with van der Waals surface area (Å²) in [6, 6.07) is 5.46. The summed E-state index contributed by atoms with van der Waals surface area (Å²) >= 11 is 3.29. The first-order valence-corrected chi connectivity index (χ1v) is 5.19. The molecule has 15 heavy (non-hydrogen) atoms. The normalized spacial score (nSPS) is 11.6. The van der Waals surface area contributed by atoms with Gasteiger partial charge in [-0.3, -0.25) is 4.79 Å². The highest BCUT2D eigenvalue weighted by atomic mass is 79.9. The van der Waals surface area contributed by atoms with Crippen LogP contribution < -0.4 is 4.74 Å². The Bertz CT molecular complexity index is 423. The molecular formula is C11H10BrNO2. The van der Waals surface area contributed by atoms with Gasteiger partial charge in [-0.1, -0.05) is 15.9 Å². The van der Waals surface area contributed by atoms with Crippen molar-refractivity contribution in [3.05, 3.63) is 27.7 Å². The summed E-state index contributed by atoms with van der Waals surface area (Å²) in [5, 5.41) is 8.63. The number of carbonyl (C=O) groups is 1. The smallest absolute Gasteiger partial charge is 0.181 e. The lowest BCUT2D eigenvalue weighted by atomic mass is 10.1. The quantitative estimate of drug-likeness (QED) is 0.792. The molecule has 78 valence electrons. The van der Waals surface area contributed by atoms with Gasteiger partial charge in [0.2, 0.25) is 0 Å². The van der Waals surface area contributed by atoms with Crippen molar-refractivity contribution in [2.75, 3.05) is 0 Å². The van der Waals surface area contributed by atoms with Crippen LogP contribution in [0.1, 0.15) is 22.8 Å². The molecule has 0 heterocycles. The van der Waals surface area contributed by atoms with Crippen LogP contribution in [-0.4, -0.2) is 12.4 Å². The minimum absolute atomic E-state index is 0.448. The van der Waals surface area contributed by atoms with Gasteiger partial charge in [0.25, 0.3) is 0 Å². The number of ether oxygens (including phenoxy) is 1. The zero-order valence-corrected chi connectivity index (χ0v) is 10.0. The van der Waals surface area contributed by atoms with Crippen molar-refractivity contribution in [1.29, 1.82) is 5.26 Å². The molecule has 1 atom stereocenters. The predicted molar refractivity (Wildman–Crippen MR) is 60.0 cm³/mol. The van der Waals surface area contributed by atoms with Crippen molar-refractivity contribution < 1.29 is 9.53 Å². The molecule has 0 amide bonds. The lowest BCUT2D eigenvalue weighted by Crippen LogP contribution is -2.10. The molecule has 0 fully saturated rings. The largest absolute Gasteiger partial charge is 0.475 e. The maximum atomic E-state index is 10.8. The number of aldehydes is 1.